The average molecular weight is 542 g/mol. The Balaban J connectivity index is 1.40. The Morgan fingerprint density at radius 2 is 1.62 bits per heavy atom. The van der Waals surface area contributed by atoms with Gasteiger partial charge in [-0.25, -0.2) is 8.42 Å². The maximum Gasteiger partial charge on any atom is 0.251 e. The van der Waals surface area contributed by atoms with Crippen LogP contribution in [0.4, 0.5) is 0 Å². The van der Waals surface area contributed by atoms with Gasteiger partial charge in [-0.2, -0.15) is 4.31 Å². The normalized spacial score (nSPS) is 16.2. The van der Waals surface area contributed by atoms with E-state index in [4.69, 9.17) is 0 Å². The van der Waals surface area contributed by atoms with Crippen LogP contribution in [0.1, 0.15) is 34.5 Å². The Hall–Kier alpha value is -2.52. The largest absolute Gasteiger partial charge is 0.346 e. The number of carbonyl (C=O) groups is 1. The number of rotatable bonds is 7. The summed E-state index contributed by atoms with van der Waals surface area (Å²) in [6.07, 6.45) is 0. The fraction of sp³-hybridized carbons (Fsp3) is 0.269. The lowest BCUT2D eigenvalue weighted by atomic mass is 10.1. The molecule has 0 radical (unpaired) electrons. The van der Waals surface area contributed by atoms with Crippen LogP contribution in [0, 0.1) is 0 Å². The third-order valence-corrected chi connectivity index (χ3v) is 8.46. The Morgan fingerprint density at radius 3 is 2.29 bits per heavy atom. The first kappa shape index (κ1) is 24.6. The van der Waals surface area contributed by atoms with Crippen LogP contribution < -0.4 is 5.32 Å². The topological polar surface area (TPSA) is 69.7 Å². The summed E-state index contributed by atoms with van der Waals surface area (Å²) in [5, 5.41) is 2.95. The van der Waals surface area contributed by atoms with Gasteiger partial charge in [0.05, 0.1) is 10.9 Å². The van der Waals surface area contributed by atoms with Gasteiger partial charge in [0.25, 0.3) is 5.91 Å². The van der Waals surface area contributed by atoms with Crippen LogP contribution in [-0.2, 0) is 16.6 Å². The third kappa shape index (κ3) is 5.93. The minimum absolute atomic E-state index is 0.146. The van der Waals surface area contributed by atoms with Crippen molar-refractivity contribution in [2.75, 3.05) is 26.2 Å². The SMILES string of the molecule is C[C@H](NC(=O)c1cccc(S(=O)(=O)N2CCN(Cc3ccccc3)CC2)c1)c1ccc(Br)cc1. The molecular weight excluding hydrogens is 514 g/mol. The van der Waals surface area contributed by atoms with Crippen LogP contribution in [0.3, 0.4) is 0 Å². The van der Waals surface area contributed by atoms with Crippen molar-refractivity contribution in [1.29, 1.82) is 0 Å². The van der Waals surface area contributed by atoms with Crippen molar-refractivity contribution in [3.63, 3.8) is 0 Å². The molecule has 1 N–H and O–H groups in total. The standard InChI is InChI=1S/C26H28BrN3O3S/c1-20(22-10-12-24(27)13-11-22)28-26(31)23-8-5-9-25(18-23)34(32,33)30-16-14-29(15-17-30)19-21-6-3-2-4-7-21/h2-13,18,20H,14-17,19H2,1H3,(H,28,31)/t20-/m0/s1. The molecule has 0 bridgehead atoms. The molecule has 8 heteroatoms. The second kappa shape index (κ2) is 10.8. The molecular formula is C26H28BrN3O3S. The van der Waals surface area contributed by atoms with E-state index < -0.39 is 10.0 Å². The second-order valence-corrected chi connectivity index (χ2v) is 11.3. The molecule has 0 aromatic heterocycles. The summed E-state index contributed by atoms with van der Waals surface area (Å²) in [6.45, 7) is 4.88. The Morgan fingerprint density at radius 1 is 0.941 bits per heavy atom. The highest BCUT2D eigenvalue weighted by Gasteiger charge is 2.29. The quantitative estimate of drug-likeness (QED) is 0.479. The zero-order valence-electron chi connectivity index (χ0n) is 19.0. The van der Waals surface area contributed by atoms with Gasteiger partial charge in [0.1, 0.15) is 0 Å². The summed E-state index contributed by atoms with van der Waals surface area (Å²) in [4.78, 5) is 15.2. The molecule has 178 valence electrons. The maximum absolute atomic E-state index is 13.3. The maximum atomic E-state index is 13.3. The number of piperazine rings is 1. The van der Waals surface area contributed by atoms with Gasteiger partial charge >= 0.3 is 0 Å². The lowest BCUT2D eigenvalue weighted by Gasteiger charge is -2.34. The molecule has 34 heavy (non-hydrogen) atoms. The molecule has 1 heterocycles. The lowest BCUT2D eigenvalue weighted by molar-refractivity contribution is 0.0939. The molecule has 1 atom stereocenters. The number of benzene rings is 3. The van der Waals surface area contributed by atoms with E-state index in [0.29, 0.717) is 31.7 Å². The van der Waals surface area contributed by atoms with Crippen molar-refractivity contribution in [3.05, 3.63) is 100 Å². The molecule has 0 saturated carbocycles. The van der Waals surface area contributed by atoms with Crippen molar-refractivity contribution in [2.45, 2.75) is 24.4 Å². The Bertz CT molecular complexity index is 1230. The number of nitrogens with zero attached hydrogens (tertiary/aromatic N) is 2. The number of hydrogen-bond acceptors (Lipinski definition) is 4. The number of sulfonamides is 1. The minimum atomic E-state index is -3.68. The molecule has 1 fully saturated rings. The van der Waals surface area contributed by atoms with Crippen molar-refractivity contribution >= 4 is 31.9 Å². The van der Waals surface area contributed by atoms with Crippen LogP contribution >= 0.6 is 15.9 Å². The Kier molecular flexibility index (Phi) is 7.83. The smallest absolute Gasteiger partial charge is 0.251 e. The highest BCUT2D eigenvalue weighted by Crippen LogP contribution is 2.21. The third-order valence-electron chi connectivity index (χ3n) is 6.03. The molecule has 4 rings (SSSR count). The minimum Gasteiger partial charge on any atom is -0.346 e. The summed E-state index contributed by atoms with van der Waals surface area (Å²) in [6, 6.07) is 24.0. The van der Waals surface area contributed by atoms with E-state index in [-0.39, 0.29) is 16.8 Å². The molecule has 0 aliphatic carbocycles. The van der Waals surface area contributed by atoms with E-state index in [1.807, 2.05) is 49.4 Å². The fourth-order valence-corrected chi connectivity index (χ4v) is 5.76. The Labute approximate surface area is 209 Å². The number of nitrogens with one attached hydrogen (secondary N) is 1. The van der Waals surface area contributed by atoms with Crippen molar-refractivity contribution in [3.8, 4) is 0 Å². The van der Waals surface area contributed by atoms with E-state index in [9.17, 15) is 13.2 Å². The van der Waals surface area contributed by atoms with Gasteiger partial charge in [-0.1, -0.05) is 64.5 Å². The van der Waals surface area contributed by atoms with E-state index in [2.05, 4.69) is 38.3 Å². The molecule has 3 aromatic rings. The van der Waals surface area contributed by atoms with Crippen LogP contribution in [0.2, 0.25) is 0 Å². The molecule has 6 nitrogen and oxygen atoms in total. The van der Waals surface area contributed by atoms with Crippen molar-refractivity contribution < 1.29 is 13.2 Å². The monoisotopic (exact) mass is 541 g/mol. The highest BCUT2D eigenvalue weighted by molar-refractivity contribution is 9.10. The molecule has 1 aliphatic rings. The second-order valence-electron chi connectivity index (χ2n) is 8.44. The van der Waals surface area contributed by atoms with Gasteiger partial charge in [-0.3, -0.25) is 9.69 Å². The van der Waals surface area contributed by atoms with E-state index in [1.165, 1.54) is 15.9 Å². The zero-order valence-corrected chi connectivity index (χ0v) is 21.4. The lowest BCUT2D eigenvalue weighted by Crippen LogP contribution is -2.48. The molecule has 3 aromatic carbocycles. The summed E-state index contributed by atoms with van der Waals surface area (Å²) in [5.41, 5.74) is 2.51. The summed E-state index contributed by atoms with van der Waals surface area (Å²) < 4.78 is 29.0. The van der Waals surface area contributed by atoms with Gasteiger partial charge in [-0.15, -0.1) is 0 Å². The van der Waals surface area contributed by atoms with Crippen molar-refractivity contribution in [2.24, 2.45) is 0 Å². The average Bonchev–Trinajstić information content (AvgIpc) is 2.85. The van der Waals surface area contributed by atoms with E-state index in [0.717, 1.165) is 16.6 Å². The molecule has 1 aliphatic heterocycles. The number of hydrogen-bond donors (Lipinski definition) is 1. The summed E-state index contributed by atoms with van der Waals surface area (Å²) in [5.74, 6) is -0.305. The van der Waals surface area contributed by atoms with Crippen LogP contribution in [0.15, 0.2) is 88.2 Å². The van der Waals surface area contributed by atoms with Crippen molar-refractivity contribution in [1.82, 2.24) is 14.5 Å². The van der Waals surface area contributed by atoms with Crippen LogP contribution in [-0.4, -0.2) is 49.7 Å². The summed E-state index contributed by atoms with van der Waals surface area (Å²) in [7, 11) is -3.68. The number of carbonyl (C=O) groups excluding carboxylic acids is 1. The first-order valence-electron chi connectivity index (χ1n) is 11.3. The molecule has 0 unspecified atom stereocenters. The predicted octanol–water partition coefficient (Wildman–Crippen LogP) is 4.45. The molecule has 0 spiro atoms. The first-order chi connectivity index (χ1) is 16.3. The molecule has 1 amide bonds. The number of halogens is 1. The van der Waals surface area contributed by atoms with Gasteiger partial charge in [0.2, 0.25) is 10.0 Å². The predicted molar refractivity (Wildman–Crippen MR) is 137 cm³/mol. The van der Waals surface area contributed by atoms with E-state index in [1.54, 1.807) is 18.2 Å². The van der Waals surface area contributed by atoms with Gasteiger partial charge in [0, 0.05) is 42.8 Å². The highest BCUT2D eigenvalue weighted by atomic mass is 79.9. The van der Waals surface area contributed by atoms with Crippen LogP contribution in [0.25, 0.3) is 0 Å². The fourth-order valence-electron chi connectivity index (χ4n) is 4.03. The van der Waals surface area contributed by atoms with Gasteiger partial charge < -0.3 is 5.32 Å². The van der Waals surface area contributed by atoms with Gasteiger partial charge in [0.15, 0.2) is 0 Å². The van der Waals surface area contributed by atoms with E-state index >= 15 is 0 Å². The zero-order chi connectivity index (χ0) is 24.1. The number of amides is 1. The van der Waals surface area contributed by atoms with Gasteiger partial charge in [-0.05, 0) is 48.4 Å². The summed E-state index contributed by atoms with van der Waals surface area (Å²) >= 11 is 3.41. The molecule has 1 saturated heterocycles. The van der Waals surface area contributed by atoms with Crippen LogP contribution in [0.5, 0.6) is 0 Å². The first-order valence-corrected chi connectivity index (χ1v) is 13.5.